The molecule has 1 aliphatic heterocycles. The second kappa shape index (κ2) is 7.13. The molecule has 1 heterocycles. The minimum absolute atomic E-state index is 0.0146. The van der Waals surface area contributed by atoms with Crippen LogP contribution in [0.25, 0.3) is 0 Å². The summed E-state index contributed by atoms with van der Waals surface area (Å²) in [6, 6.07) is 4.65. The Morgan fingerprint density at radius 2 is 2.37 bits per heavy atom. The number of benzene rings is 1. The zero-order chi connectivity index (χ0) is 13.5. The van der Waals surface area contributed by atoms with Crippen LogP contribution in [0.5, 0.6) is 5.75 Å². The Labute approximate surface area is 112 Å². The normalized spacial score (nSPS) is 17.9. The van der Waals surface area contributed by atoms with Gasteiger partial charge in [-0.15, -0.1) is 0 Å². The molecule has 2 rings (SSSR count). The highest BCUT2D eigenvalue weighted by molar-refractivity contribution is 5.39. The number of aliphatic hydroxyl groups excluding tert-OH is 1. The van der Waals surface area contributed by atoms with Gasteiger partial charge >= 0.3 is 0 Å². The lowest BCUT2D eigenvalue weighted by atomic mass is 10.1. The molecular formula is C15H17FO3. The molecule has 3 nitrogen and oxygen atoms in total. The molecule has 0 spiro atoms. The predicted octanol–water partition coefficient (Wildman–Crippen LogP) is 1.97. The monoisotopic (exact) mass is 264 g/mol. The molecule has 0 bridgehead atoms. The largest absolute Gasteiger partial charge is 0.493 e. The van der Waals surface area contributed by atoms with Gasteiger partial charge < -0.3 is 14.6 Å². The fraction of sp³-hybridized carbons (Fsp3) is 0.467. The summed E-state index contributed by atoms with van der Waals surface area (Å²) in [7, 11) is 0. The Kier molecular flexibility index (Phi) is 5.20. The average Bonchev–Trinajstić information content (AvgIpc) is 2.92. The summed E-state index contributed by atoms with van der Waals surface area (Å²) in [5, 5.41) is 8.61. The van der Waals surface area contributed by atoms with Crippen LogP contribution >= 0.6 is 0 Å². The van der Waals surface area contributed by atoms with Crippen molar-refractivity contribution in [1.82, 2.24) is 0 Å². The van der Waals surface area contributed by atoms with E-state index in [1.165, 1.54) is 6.07 Å². The first-order valence-electron chi connectivity index (χ1n) is 6.39. The van der Waals surface area contributed by atoms with Crippen molar-refractivity contribution < 1.29 is 19.0 Å². The van der Waals surface area contributed by atoms with Gasteiger partial charge in [0.1, 0.15) is 11.6 Å². The van der Waals surface area contributed by atoms with Gasteiger partial charge in [-0.2, -0.15) is 0 Å². The van der Waals surface area contributed by atoms with Gasteiger partial charge in [-0.1, -0.05) is 11.8 Å². The first kappa shape index (κ1) is 13.9. The van der Waals surface area contributed by atoms with E-state index in [2.05, 4.69) is 11.8 Å². The van der Waals surface area contributed by atoms with Gasteiger partial charge in [0.15, 0.2) is 0 Å². The summed E-state index contributed by atoms with van der Waals surface area (Å²) < 4.78 is 24.5. The number of ether oxygens (including phenoxy) is 2. The van der Waals surface area contributed by atoms with E-state index in [0.29, 0.717) is 36.9 Å². The number of halogens is 1. The van der Waals surface area contributed by atoms with Crippen LogP contribution in [-0.2, 0) is 4.74 Å². The minimum atomic E-state index is -0.398. The van der Waals surface area contributed by atoms with Gasteiger partial charge in [-0.25, -0.2) is 4.39 Å². The highest BCUT2D eigenvalue weighted by Gasteiger charge is 2.16. The minimum Gasteiger partial charge on any atom is -0.493 e. The van der Waals surface area contributed by atoms with Gasteiger partial charge in [0, 0.05) is 25.0 Å². The van der Waals surface area contributed by atoms with Crippen LogP contribution in [0.4, 0.5) is 4.39 Å². The van der Waals surface area contributed by atoms with Crippen molar-refractivity contribution in [2.24, 2.45) is 5.92 Å². The van der Waals surface area contributed by atoms with Gasteiger partial charge in [0.2, 0.25) is 0 Å². The third-order valence-corrected chi connectivity index (χ3v) is 2.91. The van der Waals surface area contributed by atoms with Crippen molar-refractivity contribution in [3.05, 3.63) is 29.6 Å². The van der Waals surface area contributed by atoms with Gasteiger partial charge in [-0.05, 0) is 18.6 Å². The second-order valence-electron chi connectivity index (χ2n) is 4.46. The van der Waals surface area contributed by atoms with Gasteiger partial charge in [0.25, 0.3) is 0 Å². The molecule has 0 saturated carbocycles. The maximum absolute atomic E-state index is 13.7. The van der Waals surface area contributed by atoms with Crippen LogP contribution < -0.4 is 4.74 Å². The first-order valence-corrected chi connectivity index (χ1v) is 6.39. The van der Waals surface area contributed by atoms with Crippen molar-refractivity contribution in [3.8, 4) is 17.6 Å². The van der Waals surface area contributed by atoms with Crippen LogP contribution in [0.15, 0.2) is 18.2 Å². The second-order valence-corrected chi connectivity index (χ2v) is 4.46. The molecule has 1 unspecified atom stereocenters. The van der Waals surface area contributed by atoms with E-state index in [4.69, 9.17) is 14.6 Å². The molecule has 0 radical (unpaired) electrons. The molecule has 0 aromatic heterocycles. The molecule has 19 heavy (non-hydrogen) atoms. The molecule has 102 valence electrons. The summed E-state index contributed by atoms with van der Waals surface area (Å²) in [5.41, 5.74) is 0.324. The lowest BCUT2D eigenvalue weighted by molar-refractivity contribution is 0.167. The molecule has 1 saturated heterocycles. The van der Waals surface area contributed by atoms with Crippen LogP contribution in [0.2, 0.25) is 0 Å². The molecule has 1 atom stereocenters. The lowest BCUT2D eigenvalue weighted by Crippen LogP contribution is -2.11. The molecule has 1 aromatic carbocycles. The predicted molar refractivity (Wildman–Crippen MR) is 69.4 cm³/mol. The third-order valence-electron chi connectivity index (χ3n) is 2.91. The zero-order valence-electron chi connectivity index (χ0n) is 10.7. The van der Waals surface area contributed by atoms with Crippen LogP contribution in [0.3, 0.4) is 0 Å². The summed E-state index contributed by atoms with van der Waals surface area (Å²) in [6.07, 6.45) is 1.34. The maximum Gasteiger partial charge on any atom is 0.142 e. The Hall–Kier alpha value is -1.57. The molecular weight excluding hydrogens is 247 g/mol. The maximum atomic E-state index is 13.7. The number of aliphatic hydroxyl groups is 1. The van der Waals surface area contributed by atoms with E-state index in [-0.39, 0.29) is 6.61 Å². The van der Waals surface area contributed by atoms with Crippen molar-refractivity contribution in [2.45, 2.75) is 12.8 Å². The van der Waals surface area contributed by atoms with Crippen LogP contribution in [-0.4, -0.2) is 31.5 Å². The van der Waals surface area contributed by atoms with Crippen molar-refractivity contribution in [1.29, 1.82) is 0 Å². The highest BCUT2D eigenvalue weighted by Crippen LogP contribution is 2.19. The molecule has 0 amide bonds. The van der Waals surface area contributed by atoms with E-state index >= 15 is 0 Å². The summed E-state index contributed by atoms with van der Waals surface area (Å²) in [4.78, 5) is 0. The first-order chi connectivity index (χ1) is 9.29. The van der Waals surface area contributed by atoms with Crippen LogP contribution in [0, 0.1) is 23.6 Å². The molecule has 1 N–H and O–H groups in total. The van der Waals surface area contributed by atoms with E-state index in [9.17, 15) is 4.39 Å². The standard InChI is InChI=1S/C15H17FO3/c16-15-9-14(19-11-12-6-8-18-10-12)5-4-13(15)3-1-2-7-17/h4-5,9,12,17H,2,6-8,10-11H2. The van der Waals surface area contributed by atoms with E-state index in [1.807, 2.05) is 0 Å². The summed E-state index contributed by atoms with van der Waals surface area (Å²) in [6.45, 7) is 2.03. The van der Waals surface area contributed by atoms with Crippen molar-refractivity contribution in [3.63, 3.8) is 0 Å². The topological polar surface area (TPSA) is 38.7 Å². The summed E-state index contributed by atoms with van der Waals surface area (Å²) >= 11 is 0. The summed E-state index contributed by atoms with van der Waals surface area (Å²) in [5.74, 6) is 5.88. The Balaban J connectivity index is 1.92. The Bertz CT molecular complexity index is 470. The molecule has 1 aromatic rings. The van der Waals surface area contributed by atoms with E-state index in [1.54, 1.807) is 12.1 Å². The number of hydrogen-bond donors (Lipinski definition) is 1. The van der Waals surface area contributed by atoms with Gasteiger partial charge in [-0.3, -0.25) is 0 Å². The van der Waals surface area contributed by atoms with Gasteiger partial charge in [0.05, 0.1) is 25.4 Å². The van der Waals surface area contributed by atoms with E-state index < -0.39 is 5.82 Å². The smallest absolute Gasteiger partial charge is 0.142 e. The molecule has 0 aliphatic carbocycles. The fourth-order valence-corrected chi connectivity index (χ4v) is 1.83. The fourth-order valence-electron chi connectivity index (χ4n) is 1.83. The Morgan fingerprint density at radius 3 is 3.05 bits per heavy atom. The van der Waals surface area contributed by atoms with E-state index in [0.717, 1.165) is 13.0 Å². The Morgan fingerprint density at radius 1 is 1.47 bits per heavy atom. The zero-order valence-corrected chi connectivity index (χ0v) is 10.7. The highest BCUT2D eigenvalue weighted by atomic mass is 19.1. The molecule has 1 fully saturated rings. The number of hydrogen-bond acceptors (Lipinski definition) is 3. The SMILES string of the molecule is OCCC#Cc1ccc(OCC2CCOC2)cc1F. The number of rotatable bonds is 4. The average molecular weight is 264 g/mol. The quantitative estimate of drug-likeness (QED) is 0.845. The molecule has 4 heteroatoms. The lowest BCUT2D eigenvalue weighted by Gasteiger charge is -2.10. The third kappa shape index (κ3) is 4.23. The van der Waals surface area contributed by atoms with Crippen LogP contribution in [0.1, 0.15) is 18.4 Å². The van der Waals surface area contributed by atoms with Crippen molar-refractivity contribution in [2.75, 3.05) is 26.4 Å². The molecule has 1 aliphatic rings. The van der Waals surface area contributed by atoms with Crippen molar-refractivity contribution >= 4 is 0 Å².